The summed E-state index contributed by atoms with van der Waals surface area (Å²) in [4.78, 5) is 15.2. The number of anilines is 1. The number of carbonyl (C=O) groups excluding carboxylic acids is 1. The van der Waals surface area contributed by atoms with E-state index in [-0.39, 0.29) is 10.9 Å². The molecule has 1 heterocycles. The molecule has 0 unspecified atom stereocenters. The van der Waals surface area contributed by atoms with Gasteiger partial charge >= 0.3 is 0 Å². The van der Waals surface area contributed by atoms with Gasteiger partial charge < -0.3 is 10.3 Å². The summed E-state index contributed by atoms with van der Waals surface area (Å²) in [6.45, 7) is 0. The molecule has 0 saturated heterocycles. The number of hydrogen-bond donors (Lipinski definition) is 2. The number of aromatic nitrogens is 1. The number of halogens is 2. The van der Waals surface area contributed by atoms with Crippen LogP contribution in [0.2, 0.25) is 5.02 Å². The number of rotatable bonds is 2. The third kappa shape index (κ3) is 2.38. The molecule has 1 aromatic heterocycles. The largest absolute Gasteiger partial charge is 0.360 e. The zero-order valence-electron chi connectivity index (χ0n) is 10.3. The fourth-order valence-corrected chi connectivity index (χ4v) is 2.31. The highest BCUT2D eigenvalue weighted by Gasteiger charge is 2.12. The van der Waals surface area contributed by atoms with Gasteiger partial charge in [0.25, 0.3) is 5.91 Å². The second-order valence-corrected chi connectivity index (χ2v) is 4.80. The van der Waals surface area contributed by atoms with Gasteiger partial charge in [-0.25, -0.2) is 4.39 Å². The summed E-state index contributed by atoms with van der Waals surface area (Å²) in [6, 6.07) is 11.4. The molecule has 2 N–H and O–H groups in total. The summed E-state index contributed by atoms with van der Waals surface area (Å²) < 4.78 is 13.2. The minimum Gasteiger partial charge on any atom is -0.360 e. The van der Waals surface area contributed by atoms with Gasteiger partial charge in [0.05, 0.1) is 5.56 Å². The van der Waals surface area contributed by atoms with Crippen molar-refractivity contribution in [2.24, 2.45) is 0 Å². The first-order valence-electron chi connectivity index (χ1n) is 5.97. The van der Waals surface area contributed by atoms with E-state index < -0.39 is 5.82 Å². The molecule has 2 aromatic carbocycles. The first-order chi connectivity index (χ1) is 9.63. The number of H-pyrrole nitrogens is 1. The molecule has 0 bridgehead atoms. The van der Waals surface area contributed by atoms with Gasteiger partial charge in [0.15, 0.2) is 0 Å². The van der Waals surface area contributed by atoms with Crippen molar-refractivity contribution in [2.75, 3.05) is 5.32 Å². The Bertz CT molecular complexity index is 777. The monoisotopic (exact) mass is 288 g/mol. The molecule has 0 radical (unpaired) electrons. The van der Waals surface area contributed by atoms with Gasteiger partial charge in [-0.3, -0.25) is 4.79 Å². The molecular weight excluding hydrogens is 279 g/mol. The topological polar surface area (TPSA) is 44.9 Å². The van der Waals surface area contributed by atoms with E-state index in [9.17, 15) is 9.18 Å². The lowest BCUT2D eigenvalue weighted by atomic mass is 10.1. The predicted molar refractivity (Wildman–Crippen MR) is 77.7 cm³/mol. The van der Waals surface area contributed by atoms with Gasteiger partial charge in [-0.05, 0) is 24.3 Å². The Hall–Kier alpha value is -2.33. The van der Waals surface area contributed by atoms with Crippen LogP contribution < -0.4 is 5.32 Å². The van der Waals surface area contributed by atoms with E-state index in [0.717, 1.165) is 10.9 Å². The van der Waals surface area contributed by atoms with Crippen molar-refractivity contribution in [1.29, 1.82) is 0 Å². The van der Waals surface area contributed by atoms with Crippen LogP contribution in [0.25, 0.3) is 10.9 Å². The average Bonchev–Trinajstić information content (AvgIpc) is 2.81. The minimum absolute atomic E-state index is 0.235. The molecule has 5 heteroatoms. The second-order valence-electron chi connectivity index (χ2n) is 4.36. The number of para-hydroxylation sites is 1. The van der Waals surface area contributed by atoms with E-state index in [4.69, 9.17) is 11.6 Å². The molecule has 0 atom stereocenters. The van der Waals surface area contributed by atoms with Crippen molar-refractivity contribution in [3.05, 3.63) is 65.1 Å². The van der Waals surface area contributed by atoms with Gasteiger partial charge in [-0.15, -0.1) is 0 Å². The lowest BCUT2D eigenvalue weighted by Gasteiger charge is -2.05. The Balaban J connectivity index is 1.93. The van der Waals surface area contributed by atoms with Crippen LogP contribution in [0.4, 0.5) is 10.1 Å². The highest BCUT2D eigenvalue weighted by Crippen LogP contribution is 2.21. The summed E-state index contributed by atoms with van der Waals surface area (Å²) in [5.74, 6) is -0.809. The number of nitrogens with one attached hydrogen (secondary N) is 2. The van der Waals surface area contributed by atoms with Crippen molar-refractivity contribution in [3.8, 4) is 0 Å². The second kappa shape index (κ2) is 4.98. The van der Waals surface area contributed by atoms with E-state index in [1.54, 1.807) is 6.20 Å². The van der Waals surface area contributed by atoms with E-state index in [1.165, 1.54) is 18.2 Å². The number of hydrogen-bond acceptors (Lipinski definition) is 1. The third-order valence-electron chi connectivity index (χ3n) is 2.95. The third-order valence-corrected chi connectivity index (χ3v) is 3.17. The summed E-state index contributed by atoms with van der Waals surface area (Å²) in [7, 11) is 0. The summed E-state index contributed by atoms with van der Waals surface area (Å²) in [5.41, 5.74) is 1.70. The van der Waals surface area contributed by atoms with Crippen LogP contribution in [0.1, 0.15) is 10.4 Å². The first-order valence-corrected chi connectivity index (χ1v) is 6.35. The standard InChI is InChI=1S/C15H10ClFN2O/c16-9-5-10(17)7-11(6-9)19-15(20)13-8-18-14-4-2-1-3-12(13)14/h1-8,18H,(H,19,20). The van der Waals surface area contributed by atoms with Crippen molar-refractivity contribution in [2.45, 2.75) is 0 Å². The summed E-state index contributed by atoms with van der Waals surface area (Å²) in [6.07, 6.45) is 1.63. The van der Waals surface area contributed by atoms with Gasteiger partial charge in [-0.2, -0.15) is 0 Å². The fraction of sp³-hybridized carbons (Fsp3) is 0. The normalized spacial score (nSPS) is 10.7. The maximum Gasteiger partial charge on any atom is 0.257 e. The lowest BCUT2D eigenvalue weighted by molar-refractivity contribution is 0.102. The Labute approximate surface area is 119 Å². The van der Waals surface area contributed by atoms with Crippen molar-refractivity contribution in [3.63, 3.8) is 0 Å². The molecule has 3 aromatic rings. The van der Waals surface area contributed by atoms with Crippen LogP contribution >= 0.6 is 11.6 Å². The van der Waals surface area contributed by atoms with Gasteiger partial charge in [-0.1, -0.05) is 29.8 Å². The van der Waals surface area contributed by atoms with Crippen molar-refractivity contribution in [1.82, 2.24) is 4.98 Å². The first kappa shape index (κ1) is 12.7. The van der Waals surface area contributed by atoms with E-state index in [1.807, 2.05) is 24.3 Å². The quantitative estimate of drug-likeness (QED) is 0.729. The molecule has 1 amide bonds. The minimum atomic E-state index is -0.494. The zero-order valence-corrected chi connectivity index (χ0v) is 11.0. The van der Waals surface area contributed by atoms with Crippen LogP contribution in [-0.2, 0) is 0 Å². The van der Waals surface area contributed by atoms with Crippen molar-refractivity contribution >= 4 is 34.1 Å². The maximum atomic E-state index is 13.2. The van der Waals surface area contributed by atoms with Crippen LogP contribution in [0.15, 0.2) is 48.7 Å². The Morgan fingerprint density at radius 1 is 1.20 bits per heavy atom. The summed E-state index contributed by atoms with van der Waals surface area (Å²) in [5, 5.41) is 3.68. The van der Waals surface area contributed by atoms with E-state index in [0.29, 0.717) is 11.3 Å². The molecular formula is C15H10ClFN2O. The molecule has 0 aliphatic rings. The van der Waals surface area contributed by atoms with Crippen LogP contribution in [-0.4, -0.2) is 10.9 Å². The maximum absolute atomic E-state index is 13.2. The number of carbonyl (C=O) groups is 1. The number of amides is 1. The molecule has 0 fully saturated rings. The van der Waals surface area contributed by atoms with Gasteiger partial charge in [0.1, 0.15) is 5.82 Å². The molecule has 0 saturated carbocycles. The fourth-order valence-electron chi connectivity index (χ4n) is 2.08. The van der Waals surface area contributed by atoms with Gasteiger partial charge in [0.2, 0.25) is 0 Å². The van der Waals surface area contributed by atoms with Crippen molar-refractivity contribution < 1.29 is 9.18 Å². The van der Waals surface area contributed by atoms with Gasteiger partial charge in [0, 0.05) is 27.8 Å². The molecule has 0 aliphatic carbocycles. The molecule has 3 rings (SSSR count). The van der Waals surface area contributed by atoms with Crippen LogP contribution in [0.3, 0.4) is 0 Å². The molecule has 20 heavy (non-hydrogen) atoms. The lowest BCUT2D eigenvalue weighted by Crippen LogP contribution is -2.11. The highest BCUT2D eigenvalue weighted by atomic mass is 35.5. The van der Waals surface area contributed by atoms with Crippen LogP contribution in [0, 0.1) is 5.82 Å². The number of aromatic amines is 1. The molecule has 0 aliphatic heterocycles. The smallest absolute Gasteiger partial charge is 0.257 e. The predicted octanol–water partition coefficient (Wildman–Crippen LogP) is 4.21. The Morgan fingerprint density at radius 3 is 2.80 bits per heavy atom. The average molecular weight is 289 g/mol. The van der Waals surface area contributed by atoms with E-state index >= 15 is 0 Å². The molecule has 0 spiro atoms. The summed E-state index contributed by atoms with van der Waals surface area (Å²) >= 11 is 5.76. The highest BCUT2D eigenvalue weighted by molar-refractivity contribution is 6.31. The number of benzene rings is 2. The molecule has 3 nitrogen and oxygen atoms in total. The molecule has 100 valence electrons. The zero-order chi connectivity index (χ0) is 14.1. The van der Waals surface area contributed by atoms with E-state index in [2.05, 4.69) is 10.3 Å². The number of fused-ring (bicyclic) bond motifs is 1. The Morgan fingerprint density at radius 2 is 2.00 bits per heavy atom. The Kier molecular flexibility index (Phi) is 3.16. The SMILES string of the molecule is O=C(Nc1cc(F)cc(Cl)c1)c1c[nH]c2ccccc12. The van der Waals surface area contributed by atoms with Crippen LogP contribution in [0.5, 0.6) is 0 Å².